The monoisotopic (exact) mass is 1030 g/mol. The Labute approximate surface area is 435 Å². The second kappa shape index (κ2) is 23.5. The van der Waals surface area contributed by atoms with Gasteiger partial charge in [-0.3, -0.25) is 29.2 Å². The molecule has 2 aromatic heterocycles. The van der Waals surface area contributed by atoms with Crippen molar-refractivity contribution < 1.29 is 33.8 Å². The molecule has 3 fully saturated rings. The molecule has 380 valence electrons. The topological polar surface area (TPSA) is 167 Å². The van der Waals surface area contributed by atoms with Gasteiger partial charge < -0.3 is 34.7 Å². The summed E-state index contributed by atoms with van der Waals surface area (Å²) in [4.78, 5) is 63.9. The van der Waals surface area contributed by atoms with Crippen LogP contribution in [0.1, 0.15) is 103 Å². The van der Waals surface area contributed by atoms with Crippen LogP contribution in [0, 0.1) is 17.3 Å². The van der Waals surface area contributed by atoms with E-state index in [0.717, 1.165) is 76.8 Å². The standard InChI is InChI=1S/C51H67N7O7.4H2S/c1-9-57-42-16-15-33-27-37(42)38(45(57)36-13-10-20-52-43(36)31(4)64-8)28-50(5,6)29-65-49(63)40-14-11-22-58(55-40)48(62)41(25-32-23-34(33)26-35(59)24-32)54-46(60)44(30(2)3)56(7)47(61)39-17-21-53-51(39)18-12-19-51;;;;/h10,13,15-16,20,23-24,26-27,30-31,39-41,44,53,55,59H,9,11-12,14,17-19,21-22,25,28-29H2,1-8H3,(H,54,60);4*1H2/t31-,39?,40-,41-,44-;;;;/m0..../s1. The molecule has 1 saturated carbocycles. The van der Waals surface area contributed by atoms with E-state index < -0.39 is 41.3 Å². The van der Waals surface area contributed by atoms with Gasteiger partial charge in [0, 0.05) is 67.3 Å². The zero-order chi connectivity index (χ0) is 46.4. The number of ether oxygens (including phenoxy) is 2. The highest BCUT2D eigenvalue weighted by Gasteiger charge is 2.52. The second-order valence-corrected chi connectivity index (χ2v) is 19.9. The number of esters is 1. The van der Waals surface area contributed by atoms with Gasteiger partial charge in [-0.25, -0.2) is 5.43 Å². The first kappa shape index (κ1) is 57.7. The van der Waals surface area contributed by atoms with Crippen LogP contribution < -0.4 is 16.1 Å². The van der Waals surface area contributed by atoms with Gasteiger partial charge >= 0.3 is 5.97 Å². The summed E-state index contributed by atoms with van der Waals surface area (Å²) < 4.78 is 14.3. The Balaban J connectivity index is 0.00000259. The minimum absolute atomic E-state index is 0. The SMILES string of the molecule is CCn1c(-c2cccnc2[C@H](C)OC)c2c3cc(ccc31)-c1cc(O)cc(c1)C[C@H](NC(=O)[C@H](C(C)C)N(C)C(=O)C1CCNC13CCC3)C(=O)N1CCC[C@H](N1)C(=O)OCC(C)(C)C2.S.S.S.S. The molecule has 0 radical (unpaired) electrons. The van der Waals surface area contributed by atoms with Crippen LogP contribution in [0.5, 0.6) is 5.75 Å². The number of carbonyl (C=O) groups is 4. The predicted molar refractivity (Wildman–Crippen MR) is 291 cm³/mol. The number of nitrogens with zero attached hydrogens (tertiary/aromatic N) is 4. The maximum absolute atomic E-state index is 14.7. The largest absolute Gasteiger partial charge is 0.508 e. The van der Waals surface area contributed by atoms with Crippen molar-refractivity contribution in [2.75, 3.05) is 33.9 Å². The number of aromatic hydroxyl groups is 1. The van der Waals surface area contributed by atoms with E-state index in [0.29, 0.717) is 37.9 Å². The Hall–Kier alpha value is -3.91. The number of phenolic OH excluding ortho intramolecular Hbond substituents is 1. The molecule has 5 atom stereocenters. The van der Waals surface area contributed by atoms with E-state index in [1.165, 1.54) is 5.01 Å². The summed E-state index contributed by atoms with van der Waals surface area (Å²) >= 11 is 0. The molecule has 8 rings (SSSR count). The van der Waals surface area contributed by atoms with Crippen LogP contribution >= 0.6 is 54.0 Å². The minimum atomic E-state index is -1.11. The Kier molecular flexibility index (Phi) is 19.7. The maximum atomic E-state index is 14.7. The van der Waals surface area contributed by atoms with Gasteiger partial charge in [0.25, 0.3) is 5.91 Å². The van der Waals surface area contributed by atoms with Gasteiger partial charge in [-0.2, -0.15) is 54.0 Å². The average molecular weight is 1030 g/mol. The van der Waals surface area contributed by atoms with Crippen molar-refractivity contribution >= 4 is 88.6 Å². The van der Waals surface area contributed by atoms with Gasteiger partial charge in [0.15, 0.2) is 0 Å². The maximum Gasteiger partial charge on any atom is 0.324 e. The summed E-state index contributed by atoms with van der Waals surface area (Å²) in [5.74, 6) is -1.84. The lowest BCUT2D eigenvalue weighted by atomic mass is 9.69. The van der Waals surface area contributed by atoms with Crippen LogP contribution in [0.15, 0.2) is 54.7 Å². The predicted octanol–water partition coefficient (Wildman–Crippen LogP) is 6.92. The average Bonchev–Trinajstić information content (AvgIpc) is 3.86. The van der Waals surface area contributed by atoms with Crippen LogP contribution in [0.4, 0.5) is 0 Å². The number of fused-ring (bicyclic) bond motifs is 6. The van der Waals surface area contributed by atoms with Gasteiger partial charge in [-0.1, -0.05) is 39.8 Å². The summed E-state index contributed by atoms with van der Waals surface area (Å²) in [7, 11) is 3.38. The molecule has 1 aliphatic carbocycles. The zero-order valence-corrected chi connectivity index (χ0v) is 45.3. The molecule has 6 bridgehead atoms. The number of hydrogen-bond donors (Lipinski definition) is 4. The lowest BCUT2D eigenvalue weighted by molar-refractivity contribution is -0.155. The fraction of sp³-hybridized carbons (Fsp3) is 0.549. The molecule has 2 saturated heterocycles. The number of amides is 3. The van der Waals surface area contributed by atoms with Gasteiger partial charge in [0.2, 0.25) is 11.8 Å². The highest BCUT2D eigenvalue weighted by Crippen LogP contribution is 2.45. The van der Waals surface area contributed by atoms with E-state index in [9.17, 15) is 24.3 Å². The summed E-state index contributed by atoms with van der Waals surface area (Å²) in [6, 6.07) is 12.9. The number of hydrazine groups is 1. The number of nitrogens with one attached hydrogen (secondary N) is 3. The lowest BCUT2D eigenvalue weighted by Crippen LogP contribution is -2.63. The van der Waals surface area contributed by atoms with Crippen molar-refractivity contribution in [1.29, 1.82) is 0 Å². The number of methoxy groups -OCH3 is 1. The number of hydrogen-bond acceptors (Lipinski definition) is 10. The number of aromatic nitrogens is 2. The van der Waals surface area contributed by atoms with E-state index in [1.807, 2.05) is 39.0 Å². The molecule has 1 unspecified atom stereocenters. The third kappa shape index (κ3) is 11.6. The summed E-state index contributed by atoms with van der Waals surface area (Å²) in [6.07, 6.45) is 6.79. The number of benzene rings is 2. The number of carbonyl (C=O) groups excluding carboxylic acids is 4. The molecule has 14 nitrogen and oxygen atoms in total. The summed E-state index contributed by atoms with van der Waals surface area (Å²) in [5, 5.41) is 20.4. The number of cyclic esters (lactones) is 1. The van der Waals surface area contributed by atoms with E-state index in [1.54, 1.807) is 37.4 Å². The van der Waals surface area contributed by atoms with Gasteiger partial charge in [-0.05, 0) is 130 Å². The molecule has 2 aromatic carbocycles. The van der Waals surface area contributed by atoms with E-state index in [-0.39, 0.29) is 102 Å². The van der Waals surface area contributed by atoms with Crippen molar-refractivity contribution in [2.45, 2.75) is 129 Å². The third-order valence-corrected chi connectivity index (χ3v) is 14.5. The summed E-state index contributed by atoms with van der Waals surface area (Å²) in [6.45, 7) is 14.0. The van der Waals surface area contributed by atoms with Crippen molar-refractivity contribution in [2.24, 2.45) is 17.3 Å². The van der Waals surface area contributed by atoms with Gasteiger partial charge in [-0.15, -0.1) is 0 Å². The fourth-order valence-electron chi connectivity index (χ4n) is 10.9. The van der Waals surface area contributed by atoms with Gasteiger partial charge in [0.1, 0.15) is 23.9 Å². The van der Waals surface area contributed by atoms with Crippen LogP contribution in [-0.2, 0) is 48.0 Å². The molecular formula is C51H75N7O7S4. The Morgan fingerprint density at radius 2 is 1.75 bits per heavy atom. The number of rotatable bonds is 9. The molecule has 4 N–H and O–H groups in total. The first-order chi connectivity index (χ1) is 31.0. The number of aryl methyl sites for hydroxylation is 1. The van der Waals surface area contributed by atoms with Crippen LogP contribution in [0.25, 0.3) is 33.3 Å². The molecule has 3 aliphatic heterocycles. The van der Waals surface area contributed by atoms with Crippen molar-refractivity contribution in [3.05, 3.63) is 71.5 Å². The molecule has 18 heteroatoms. The molecule has 69 heavy (non-hydrogen) atoms. The Bertz CT molecular complexity index is 2480. The number of likely N-dealkylation sites (N-methyl/N-ethyl adjacent to an activating group) is 1. The third-order valence-electron chi connectivity index (χ3n) is 14.5. The van der Waals surface area contributed by atoms with Crippen molar-refractivity contribution in [1.82, 2.24) is 35.5 Å². The molecule has 4 aromatic rings. The Morgan fingerprint density at radius 1 is 1.01 bits per heavy atom. The quantitative estimate of drug-likeness (QED) is 0.129. The van der Waals surface area contributed by atoms with Crippen molar-refractivity contribution in [3.63, 3.8) is 0 Å². The van der Waals surface area contributed by atoms with Crippen LogP contribution in [0.2, 0.25) is 0 Å². The van der Waals surface area contributed by atoms with Crippen LogP contribution in [0.3, 0.4) is 0 Å². The number of pyridine rings is 1. The normalized spacial score (nSPS) is 21.5. The molecule has 5 heterocycles. The number of phenols is 1. The molecule has 4 aliphatic rings. The van der Waals surface area contributed by atoms with Crippen LogP contribution in [-0.4, -0.2) is 106 Å². The van der Waals surface area contributed by atoms with Gasteiger partial charge in [0.05, 0.1) is 30.0 Å². The Morgan fingerprint density at radius 3 is 2.42 bits per heavy atom. The first-order valence-corrected chi connectivity index (χ1v) is 23.6. The van der Waals surface area contributed by atoms with Crippen molar-refractivity contribution in [3.8, 4) is 28.1 Å². The zero-order valence-electron chi connectivity index (χ0n) is 41.3. The smallest absolute Gasteiger partial charge is 0.324 e. The lowest BCUT2D eigenvalue weighted by Gasteiger charge is -2.45. The summed E-state index contributed by atoms with van der Waals surface area (Å²) in [5.41, 5.74) is 9.56. The second-order valence-electron chi connectivity index (χ2n) is 19.9. The molecule has 3 amide bonds. The molecular weight excluding hydrogens is 951 g/mol. The first-order valence-electron chi connectivity index (χ1n) is 23.6. The fourth-order valence-corrected chi connectivity index (χ4v) is 10.9. The highest BCUT2D eigenvalue weighted by atomic mass is 32.1. The van der Waals surface area contributed by atoms with E-state index >= 15 is 0 Å². The van der Waals surface area contributed by atoms with E-state index in [4.69, 9.17) is 14.5 Å². The minimum Gasteiger partial charge on any atom is -0.508 e. The highest BCUT2D eigenvalue weighted by molar-refractivity contribution is 7.59. The molecule has 1 spiro atoms. The van der Waals surface area contributed by atoms with E-state index in [2.05, 4.69) is 59.6 Å².